The molecule has 0 aliphatic heterocycles. The van der Waals surface area contributed by atoms with Gasteiger partial charge in [0.25, 0.3) is 0 Å². The fourth-order valence-corrected chi connectivity index (χ4v) is 2.41. The maximum Gasteiger partial charge on any atom is 0.104 e. The lowest BCUT2D eigenvalue weighted by Gasteiger charge is -2.08. The predicted octanol–water partition coefficient (Wildman–Crippen LogP) is 3.90. The summed E-state index contributed by atoms with van der Waals surface area (Å²) in [6.45, 7) is 3.35. The first kappa shape index (κ1) is 15.3. The van der Waals surface area contributed by atoms with E-state index in [2.05, 4.69) is 17.2 Å². The van der Waals surface area contributed by atoms with Crippen LogP contribution in [-0.4, -0.2) is 15.0 Å². The van der Waals surface area contributed by atoms with Gasteiger partial charge in [0.2, 0.25) is 0 Å². The maximum absolute atomic E-state index is 6.09. The van der Waals surface area contributed by atoms with Gasteiger partial charge in [-0.2, -0.15) is 0 Å². The Hall–Kier alpha value is -1.10. The Labute approximate surface area is 128 Å². The van der Waals surface area contributed by atoms with E-state index >= 15 is 0 Å². The van der Waals surface area contributed by atoms with Crippen molar-refractivity contribution in [2.24, 2.45) is 5.73 Å². The van der Waals surface area contributed by atoms with Gasteiger partial charge in [-0.05, 0) is 18.6 Å². The summed E-state index contributed by atoms with van der Waals surface area (Å²) in [6, 6.07) is 5.53. The van der Waals surface area contributed by atoms with Crippen LogP contribution >= 0.6 is 23.2 Å². The molecular weight excluding hydrogens is 295 g/mol. The Morgan fingerprint density at radius 3 is 2.65 bits per heavy atom. The van der Waals surface area contributed by atoms with Crippen molar-refractivity contribution < 1.29 is 0 Å². The number of hydrogen-bond acceptors (Lipinski definition) is 3. The summed E-state index contributed by atoms with van der Waals surface area (Å²) < 4.78 is 1.90. The van der Waals surface area contributed by atoms with Crippen LogP contribution in [0.3, 0.4) is 0 Å². The normalized spacial score (nSPS) is 11.0. The molecule has 0 radical (unpaired) electrons. The highest BCUT2D eigenvalue weighted by Crippen LogP contribution is 2.29. The third-order valence-corrected chi connectivity index (χ3v) is 3.90. The molecule has 108 valence electrons. The van der Waals surface area contributed by atoms with Crippen molar-refractivity contribution in [1.82, 2.24) is 15.0 Å². The zero-order valence-electron chi connectivity index (χ0n) is 11.4. The molecule has 0 saturated heterocycles. The van der Waals surface area contributed by atoms with Crippen molar-refractivity contribution in [3.8, 4) is 11.3 Å². The number of halogens is 2. The number of aromatic nitrogens is 3. The number of rotatable bonds is 6. The van der Waals surface area contributed by atoms with E-state index in [0.717, 1.165) is 29.9 Å². The van der Waals surface area contributed by atoms with Gasteiger partial charge in [-0.1, -0.05) is 54.2 Å². The van der Waals surface area contributed by atoms with Gasteiger partial charge in [0, 0.05) is 18.7 Å². The molecule has 0 fully saturated rings. The largest absolute Gasteiger partial charge is 0.325 e. The smallest absolute Gasteiger partial charge is 0.104 e. The number of benzene rings is 1. The zero-order valence-corrected chi connectivity index (χ0v) is 13.0. The van der Waals surface area contributed by atoms with Crippen molar-refractivity contribution in [1.29, 1.82) is 0 Å². The summed E-state index contributed by atoms with van der Waals surface area (Å²) in [6.07, 6.45) is 3.40. The number of nitrogens with zero attached hydrogens (tertiary/aromatic N) is 3. The van der Waals surface area contributed by atoms with E-state index in [1.165, 1.54) is 12.8 Å². The Morgan fingerprint density at radius 1 is 1.20 bits per heavy atom. The molecule has 2 N–H and O–H groups in total. The minimum absolute atomic E-state index is 0.351. The molecule has 2 rings (SSSR count). The van der Waals surface area contributed by atoms with E-state index in [1.807, 2.05) is 16.8 Å². The monoisotopic (exact) mass is 312 g/mol. The maximum atomic E-state index is 6.09. The molecule has 0 aliphatic carbocycles. The molecule has 0 spiro atoms. The van der Waals surface area contributed by atoms with E-state index in [0.29, 0.717) is 16.6 Å². The number of unbranched alkanes of at least 4 members (excludes halogenated alkanes) is 2. The van der Waals surface area contributed by atoms with Crippen molar-refractivity contribution in [3.05, 3.63) is 33.9 Å². The highest BCUT2D eigenvalue weighted by molar-refractivity contribution is 6.42. The molecular formula is C14H18Cl2N4. The van der Waals surface area contributed by atoms with Crippen LogP contribution < -0.4 is 5.73 Å². The minimum Gasteiger partial charge on any atom is -0.325 e. The fourth-order valence-electron chi connectivity index (χ4n) is 2.11. The molecule has 1 aromatic carbocycles. The van der Waals surface area contributed by atoms with Crippen LogP contribution in [0.2, 0.25) is 10.0 Å². The molecule has 0 unspecified atom stereocenters. The van der Waals surface area contributed by atoms with Crippen LogP contribution in [-0.2, 0) is 13.1 Å². The lowest BCUT2D eigenvalue weighted by Crippen LogP contribution is -2.05. The first-order chi connectivity index (χ1) is 9.67. The summed E-state index contributed by atoms with van der Waals surface area (Å²) in [4.78, 5) is 0. The standard InChI is InChI=1S/C14H18Cl2N4/c1-2-3-4-7-20-14(13(9-17)18-19-20)10-5-6-11(15)12(16)8-10/h5-6,8H,2-4,7,9,17H2,1H3. The quantitative estimate of drug-likeness (QED) is 0.823. The lowest BCUT2D eigenvalue weighted by molar-refractivity contribution is 0.541. The van der Waals surface area contributed by atoms with Gasteiger partial charge in [0.05, 0.1) is 15.7 Å². The summed E-state index contributed by atoms with van der Waals surface area (Å²) >= 11 is 12.1. The molecule has 0 bridgehead atoms. The van der Waals surface area contributed by atoms with Gasteiger partial charge in [0.1, 0.15) is 5.69 Å². The minimum atomic E-state index is 0.351. The Balaban J connectivity index is 2.36. The number of aryl methyl sites for hydroxylation is 1. The van der Waals surface area contributed by atoms with E-state index in [4.69, 9.17) is 28.9 Å². The van der Waals surface area contributed by atoms with Crippen molar-refractivity contribution in [2.75, 3.05) is 0 Å². The molecule has 0 saturated carbocycles. The average Bonchev–Trinajstić information content (AvgIpc) is 2.85. The SMILES string of the molecule is CCCCCn1nnc(CN)c1-c1ccc(Cl)c(Cl)c1. The van der Waals surface area contributed by atoms with Crippen LogP contribution in [0.4, 0.5) is 0 Å². The van der Waals surface area contributed by atoms with Crippen molar-refractivity contribution >= 4 is 23.2 Å². The van der Waals surface area contributed by atoms with E-state index < -0.39 is 0 Å². The van der Waals surface area contributed by atoms with Gasteiger partial charge in [-0.3, -0.25) is 0 Å². The van der Waals surface area contributed by atoms with Crippen LogP contribution in [0.25, 0.3) is 11.3 Å². The average molecular weight is 313 g/mol. The highest BCUT2D eigenvalue weighted by Gasteiger charge is 2.14. The predicted molar refractivity (Wildman–Crippen MR) is 82.9 cm³/mol. The van der Waals surface area contributed by atoms with Crippen molar-refractivity contribution in [3.63, 3.8) is 0 Å². The van der Waals surface area contributed by atoms with Gasteiger partial charge in [-0.25, -0.2) is 4.68 Å². The third kappa shape index (κ3) is 3.32. The first-order valence-electron chi connectivity index (χ1n) is 6.75. The highest BCUT2D eigenvalue weighted by atomic mass is 35.5. The number of hydrogen-bond donors (Lipinski definition) is 1. The molecule has 4 nitrogen and oxygen atoms in total. The second kappa shape index (κ2) is 7.07. The molecule has 0 amide bonds. The van der Waals surface area contributed by atoms with Crippen molar-refractivity contribution in [2.45, 2.75) is 39.3 Å². The van der Waals surface area contributed by atoms with Gasteiger partial charge in [-0.15, -0.1) is 5.10 Å². The molecule has 20 heavy (non-hydrogen) atoms. The summed E-state index contributed by atoms with van der Waals surface area (Å²) in [5, 5.41) is 9.41. The van der Waals surface area contributed by atoms with Crippen LogP contribution in [0, 0.1) is 0 Å². The van der Waals surface area contributed by atoms with Crippen LogP contribution in [0.15, 0.2) is 18.2 Å². The van der Waals surface area contributed by atoms with E-state index in [1.54, 1.807) is 6.07 Å². The molecule has 0 atom stereocenters. The summed E-state index contributed by atoms with van der Waals surface area (Å²) in [5.74, 6) is 0. The molecule has 0 aliphatic rings. The molecule has 1 aromatic heterocycles. The lowest BCUT2D eigenvalue weighted by atomic mass is 10.1. The van der Waals surface area contributed by atoms with Gasteiger partial charge in [0.15, 0.2) is 0 Å². The van der Waals surface area contributed by atoms with Gasteiger partial charge < -0.3 is 5.73 Å². The van der Waals surface area contributed by atoms with E-state index in [9.17, 15) is 0 Å². The zero-order chi connectivity index (χ0) is 14.5. The Morgan fingerprint density at radius 2 is 2.00 bits per heavy atom. The van der Waals surface area contributed by atoms with Gasteiger partial charge >= 0.3 is 0 Å². The Kier molecular flexibility index (Phi) is 5.40. The summed E-state index contributed by atoms with van der Waals surface area (Å²) in [7, 11) is 0. The fraction of sp³-hybridized carbons (Fsp3) is 0.429. The van der Waals surface area contributed by atoms with E-state index in [-0.39, 0.29) is 0 Å². The summed E-state index contributed by atoms with van der Waals surface area (Å²) in [5.41, 5.74) is 8.41. The topological polar surface area (TPSA) is 56.7 Å². The Bertz CT molecular complexity index is 581. The van der Waals surface area contributed by atoms with Crippen LogP contribution in [0.1, 0.15) is 31.9 Å². The first-order valence-corrected chi connectivity index (χ1v) is 7.50. The number of nitrogens with two attached hydrogens (primary N) is 1. The third-order valence-electron chi connectivity index (χ3n) is 3.16. The molecule has 1 heterocycles. The molecule has 2 aromatic rings. The van der Waals surface area contributed by atoms with Crippen LogP contribution in [0.5, 0.6) is 0 Å². The molecule has 6 heteroatoms. The second-order valence-corrected chi connectivity index (χ2v) is 5.46. The second-order valence-electron chi connectivity index (χ2n) is 4.65.